The Morgan fingerprint density at radius 3 is 2.46 bits per heavy atom. The lowest BCUT2D eigenvalue weighted by molar-refractivity contribution is -0.130. The average Bonchev–Trinajstić information content (AvgIpc) is 2.67. The molecule has 1 saturated heterocycles. The Morgan fingerprint density at radius 1 is 1.04 bits per heavy atom. The van der Waals surface area contributed by atoms with Crippen LogP contribution in [0.15, 0.2) is 54.6 Å². The molecule has 1 aliphatic rings. The van der Waals surface area contributed by atoms with Crippen molar-refractivity contribution in [2.45, 2.75) is 24.8 Å². The summed E-state index contributed by atoms with van der Waals surface area (Å²) >= 11 is 0. The first-order valence-electron chi connectivity index (χ1n) is 8.67. The summed E-state index contributed by atoms with van der Waals surface area (Å²) in [7, 11) is 0. The molecule has 1 aliphatic heterocycles. The highest BCUT2D eigenvalue weighted by atomic mass is 16.5. The van der Waals surface area contributed by atoms with Crippen molar-refractivity contribution in [3.05, 3.63) is 65.7 Å². The first-order chi connectivity index (χ1) is 12.6. The van der Waals surface area contributed by atoms with E-state index in [9.17, 15) is 9.59 Å². The number of carbonyl (C=O) groups is 2. The topological polar surface area (TPSA) is 93.5 Å². The molecule has 0 aromatic heterocycles. The van der Waals surface area contributed by atoms with Gasteiger partial charge in [-0.15, -0.1) is 0 Å². The first-order valence-corrected chi connectivity index (χ1v) is 8.67. The highest BCUT2D eigenvalue weighted by Crippen LogP contribution is 2.35. The molecule has 0 aliphatic carbocycles. The molecule has 1 heterocycles. The summed E-state index contributed by atoms with van der Waals surface area (Å²) in [6.45, 7) is 1.52. The van der Waals surface area contributed by atoms with Crippen LogP contribution in [0.2, 0.25) is 0 Å². The molecule has 0 bridgehead atoms. The fourth-order valence-corrected chi connectivity index (χ4v) is 3.38. The van der Waals surface area contributed by atoms with Crippen LogP contribution in [0.1, 0.15) is 24.0 Å². The fourth-order valence-electron chi connectivity index (χ4n) is 3.38. The van der Waals surface area contributed by atoms with Crippen LogP contribution in [-0.2, 0) is 21.5 Å². The van der Waals surface area contributed by atoms with Crippen LogP contribution in [0.4, 0.5) is 10.5 Å². The van der Waals surface area contributed by atoms with E-state index in [0.29, 0.717) is 38.3 Å². The minimum absolute atomic E-state index is 0.000244. The fraction of sp³-hybridized carbons (Fsp3) is 0.300. The van der Waals surface area contributed by atoms with Crippen molar-refractivity contribution in [1.29, 1.82) is 0 Å². The molecule has 136 valence electrons. The Kier molecular flexibility index (Phi) is 5.53. The Morgan fingerprint density at radius 2 is 1.77 bits per heavy atom. The number of anilines is 1. The number of amides is 3. The molecule has 3 amide bonds. The molecular formula is C20H23N3O3. The number of hydrogen-bond donors (Lipinski definition) is 3. The molecule has 1 fully saturated rings. The molecule has 4 N–H and O–H groups in total. The van der Waals surface area contributed by atoms with Crippen molar-refractivity contribution in [2.75, 3.05) is 18.5 Å². The minimum atomic E-state index is -0.614. The van der Waals surface area contributed by atoms with Crippen LogP contribution >= 0.6 is 0 Å². The first kappa shape index (κ1) is 17.9. The zero-order valence-electron chi connectivity index (χ0n) is 14.5. The SMILES string of the molecule is NC(=O)Nc1cccc(CNC(=O)C2(c3ccccc3)CCOCC2)c1. The van der Waals surface area contributed by atoms with E-state index in [1.165, 1.54) is 0 Å². The van der Waals surface area contributed by atoms with E-state index in [0.717, 1.165) is 11.1 Å². The number of rotatable bonds is 5. The molecule has 0 atom stereocenters. The predicted molar refractivity (Wildman–Crippen MR) is 99.7 cm³/mol. The molecule has 26 heavy (non-hydrogen) atoms. The maximum absolute atomic E-state index is 13.1. The third-order valence-corrected chi connectivity index (χ3v) is 4.75. The minimum Gasteiger partial charge on any atom is -0.381 e. The van der Waals surface area contributed by atoms with Crippen LogP contribution in [-0.4, -0.2) is 25.2 Å². The number of primary amides is 1. The van der Waals surface area contributed by atoms with Crippen molar-refractivity contribution >= 4 is 17.6 Å². The number of hydrogen-bond acceptors (Lipinski definition) is 3. The number of carbonyl (C=O) groups excluding carboxylic acids is 2. The van der Waals surface area contributed by atoms with Crippen molar-refractivity contribution in [1.82, 2.24) is 5.32 Å². The summed E-state index contributed by atoms with van der Waals surface area (Å²) in [6, 6.07) is 16.5. The van der Waals surface area contributed by atoms with Crippen LogP contribution < -0.4 is 16.4 Å². The summed E-state index contributed by atoms with van der Waals surface area (Å²) < 4.78 is 5.48. The van der Waals surface area contributed by atoms with E-state index >= 15 is 0 Å². The molecule has 0 spiro atoms. The second kappa shape index (κ2) is 8.01. The molecule has 6 nitrogen and oxygen atoms in total. The van der Waals surface area contributed by atoms with Gasteiger partial charge in [-0.1, -0.05) is 42.5 Å². The maximum Gasteiger partial charge on any atom is 0.316 e. The van der Waals surface area contributed by atoms with Gasteiger partial charge in [0.2, 0.25) is 5.91 Å². The van der Waals surface area contributed by atoms with Crippen LogP contribution in [0, 0.1) is 0 Å². The van der Waals surface area contributed by atoms with Gasteiger partial charge in [-0.25, -0.2) is 4.79 Å². The van der Waals surface area contributed by atoms with Gasteiger partial charge in [-0.05, 0) is 36.1 Å². The Bertz CT molecular complexity index is 771. The third-order valence-electron chi connectivity index (χ3n) is 4.75. The number of nitrogens with one attached hydrogen (secondary N) is 2. The Labute approximate surface area is 152 Å². The molecular weight excluding hydrogens is 330 g/mol. The standard InChI is InChI=1S/C20H23N3O3/c21-19(25)23-17-8-4-5-15(13-17)14-22-18(24)20(9-11-26-12-10-20)16-6-2-1-3-7-16/h1-8,13H,9-12,14H2,(H,22,24)(H3,21,23,25). The second-order valence-corrected chi connectivity index (χ2v) is 6.43. The van der Waals surface area contributed by atoms with E-state index in [1.807, 2.05) is 42.5 Å². The summed E-state index contributed by atoms with van der Waals surface area (Å²) in [5.41, 5.74) is 7.09. The zero-order chi connectivity index (χ0) is 18.4. The smallest absolute Gasteiger partial charge is 0.316 e. The van der Waals surface area contributed by atoms with Crippen molar-refractivity contribution in [2.24, 2.45) is 5.73 Å². The number of nitrogens with two attached hydrogens (primary N) is 1. The third kappa shape index (κ3) is 4.03. The van der Waals surface area contributed by atoms with Gasteiger partial charge in [0.05, 0.1) is 5.41 Å². The monoisotopic (exact) mass is 353 g/mol. The number of benzene rings is 2. The number of ether oxygens (including phenoxy) is 1. The molecule has 6 heteroatoms. The van der Waals surface area contributed by atoms with E-state index in [1.54, 1.807) is 12.1 Å². The van der Waals surface area contributed by atoms with E-state index in [4.69, 9.17) is 10.5 Å². The van der Waals surface area contributed by atoms with Gasteiger partial charge in [0.15, 0.2) is 0 Å². The van der Waals surface area contributed by atoms with E-state index in [-0.39, 0.29) is 5.91 Å². The quantitative estimate of drug-likeness (QED) is 0.771. The molecule has 0 radical (unpaired) electrons. The van der Waals surface area contributed by atoms with Gasteiger partial charge in [0, 0.05) is 25.4 Å². The molecule has 2 aromatic carbocycles. The normalized spacial score (nSPS) is 15.8. The summed E-state index contributed by atoms with van der Waals surface area (Å²) in [5.74, 6) is 0.000244. The lowest BCUT2D eigenvalue weighted by Gasteiger charge is -2.36. The van der Waals surface area contributed by atoms with Crippen LogP contribution in [0.5, 0.6) is 0 Å². The summed E-state index contributed by atoms with van der Waals surface area (Å²) in [6.07, 6.45) is 1.32. The highest BCUT2D eigenvalue weighted by molar-refractivity contribution is 5.89. The number of urea groups is 1. The summed E-state index contributed by atoms with van der Waals surface area (Å²) in [4.78, 5) is 24.1. The second-order valence-electron chi connectivity index (χ2n) is 6.43. The van der Waals surface area contributed by atoms with Gasteiger partial charge in [-0.3, -0.25) is 4.79 Å². The van der Waals surface area contributed by atoms with Gasteiger partial charge in [0.1, 0.15) is 0 Å². The van der Waals surface area contributed by atoms with Gasteiger partial charge in [-0.2, -0.15) is 0 Å². The molecule has 0 saturated carbocycles. The zero-order valence-corrected chi connectivity index (χ0v) is 14.5. The van der Waals surface area contributed by atoms with Gasteiger partial charge in [0.25, 0.3) is 0 Å². The molecule has 2 aromatic rings. The molecule has 0 unspecified atom stereocenters. The lowest BCUT2D eigenvalue weighted by Crippen LogP contribution is -2.47. The Balaban J connectivity index is 1.74. The van der Waals surface area contributed by atoms with Gasteiger partial charge >= 0.3 is 6.03 Å². The summed E-state index contributed by atoms with van der Waals surface area (Å²) in [5, 5.41) is 5.59. The lowest BCUT2D eigenvalue weighted by atomic mass is 9.73. The Hall–Kier alpha value is -2.86. The maximum atomic E-state index is 13.1. The van der Waals surface area contributed by atoms with Crippen molar-refractivity contribution < 1.29 is 14.3 Å². The van der Waals surface area contributed by atoms with E-state index < -0.39 is 11.4 Å². The van der Waals surface area contributed by atoms with Crippen molar-refractivity contribution in [3.8, 4) is 0 Å². The van der Waals surface area contributed by atoms with Crippen LogP contribution in [0.3, 0.4) is 0 Å². The van der Waals surface area contributed by atoms with E-state index in [2.05, 4.69) is 10.6 Å². The highest BCUT2D eigenvalue weighted by Gasteiger charge is 2.41. The largest absolute Gasteiger partial charge is 0.381 e. The molecule has 3 rings (SSSR count). The van der Waals surface area contributed by atoms with Gasteiger partial charge < -0.3 is 21.1 Å². The average molecular weight is 353 g/mol. The predicted octanol–water partition coefficient (Wildman–Crippen LogP) is 2.54. The van der Waals surface area contributed by atoms with Crippen LogP contribution in [0.25, 0.3) is 0 Å². The van der Waals surface area contributed by atoms with Crippen molar-refractivity contribution in [3.63, 3.8) is 0 Å².